The number of hydrogen-bond acceptors (Lipinski definition) is 3. The van der Waals surface area contributed by atoms with Gasteiger partial charge in [-0.3, -0.25) is 5.01 Å². The summed E-state index contributed by atoms with van der Waals surface area (Å²) in [4.78, 5) is 4.38. The summed E-state index contributed by atoms with van der Waals surface area (Å²) in [6.07, 6.45) is 1.52. The number of nitrogens with two attached hydrogens (primary N) is 1. The lowest BCUT2D eigenvalue weighted by molar-refractivity contribution is 0.534. The van der Waals surface area contributed by atoms with Gasteiger partial charge in [-0.15, -0.1) is 0 Å². The van der Waals surface area contributed by atoms with Gasteiger partial charge in [-0.2, -0.15) is 0 Å². The molecule has 0 unspecified atom stereocenters. The molecule has 1 rings (SSSR count). The fraction of sp³-hybridized carbons (Fsp3) is 0.333. The smallest absolute Gasteiger partial charge is 0.126 e. The fourth-order valence-corrected chi connectivity index (χ4v) is 0.573. The second-order valence-corrected chi connectivity index (χ2v) is 1.78. The first-order valence-corrected chi connectivity index (χ1v) is 2.28. The molecule has 0 saturated carbocycles. The van der Waals surface area contributed by atoms with Gasteiger partial charge in [0.05, 0.1) is 6.54 Å². The van der Waals surface area contributed by atoms with E-state index in [2.05, 4.69) is 17.2 Å². The molecule has 0 aliphatic carbocycles. The Morgan fingerprint density at radius 3 is 2.86 bits per heavy atom. The molecule has 7 heavy (non-hydrogen) atoms. The van der Waals surface area contributed by atoms with Crippen molar-refractivity contribution in [3.05, 3.63) is 0 Å². The molecule has 38 valence electrons. The third kappa shape index (κ3) is 0.942. The highest BCUT2D eigenvalue weighted by atomic mass is 32.1. The monoisotopic (exact) mass is 115 g/mol. The van der Waals surface area contributed by atoms with E-state index in [0.717, 1.165) is 0 Å². The summed E-state index contributed by atoms with van der Waals surface area (Å²) in [5, 5.41) is 1.45. The topological polar surface area (TPSA) is 41.6 Å². The van der Waals surface area contributed by atoms with Gasteiger partial charge in [0, 0.05) is 0 Å². The highest BCUT2D eigenvalue weighted by molar-refractivity contribution is 7.80. The van der Waals surface area contributed by atoms with Crippen LogP contribution in [0.25, 0.3) is 0 Å². The van der Waals surface area contributed by atoms with E-state index in [1.807, 2.05) is 0 Å². The van der Waals surface area contributed by atoms with Gasteiger partial charge >= 0.3 is 0 Å². The Kier molecular flexibility index (Phi) is 1.04. The maximum absolute atomic E-state index is 5.22. The Hall–Kier alpha value is -0.480. The van der Waals surface area contributed by atoms with Crippen molar-refractivity contribution in [2.45, 2.75) is 0 Å². The van der Waals surface area contributed by atoms with Crippen LogP contribution in [0.15, 0.2) is 4.99 Å². The minimum Gasteiger partial charge on any atom is -0.294 e. The second-order valence-electron chi connectivity index (χ2n) is 1.31. The van der Waals surface area contributed by atoms with Gasteiger partial charge in [-0.05, 0) is 0 Å². The Labute approximate surface area is 46.8 Å². The maximum atomic E-state index is 5.22. The van der Waals surface area contributed by atoms with Gasteiger partial charge in [0.1, 0.15) is 11.3 Å². The van der Waals surface area contributed by atoms with Crippen LogP contribution in [0.3, 0.4) is 0 Å². The maximum Gasteiger partial charge on any atom is 0.126 e. The average molecular weight is 115 g/mol. The van der Waals surface area contributed by atoms with Crippen LogP contribution in [0.5, 0.6) is 0 Å². The van der Waals surface area contributed by atoms with Gasteiger partial charge in [-0.1, -0.05) is 12.2 Å². The predicted molar refractivity (Wildman–Crippen MR) is 32.0 cm³/mol. The summed E-state index contributed by atoms with van der Waals surface area (Å²) in [7, 11) is 0. The first-order chi connectivity index (χ1) is 3.29. The summed E-state index contributed by atoms with van der Waals surface area (Å²) < 4.78 is 0. The number of aliphatic imine (C=N–C) groups is 1. The van der Waals surface area contributed by atoms with E-state index in [9.17, 15) is 0 Å². The molecule has 0 amide bonds. The third-order valence-corrected chi connectivity index (χ3v) is 0.902. The molecule has 0 radical (unpaired) electrons. The van der Waals surface area contributed by atoms with Gasteiger partial charge in [0.25, 0.3) is 0 Å². The SMILES string of the molecule is NN1C=NC(=S)C1. The fourth-order valence-electron chi connectivity index (χ4n) is 0.376. The molecule has 0 aromatic rings. The standard InChI is InChI=1S/C3H5N3S/c4-6-1-3(7)5-2-6/h2H,1,4H2. The molecule has 1 aliphatic rings. The molecule has 3 nitrogen and oxygen atoms in total. The second kappa shape index (κ2) is 1.55. The molecule has 2 N–H and O–H groups in total. The van der Waals surface area contributed by atoms with E-state index in [1.54, 1.807) is 0 Å². The zero-order chi connectivity index (χ0) is 5.28. The normalized spacial score (nSPS) is 19.0. The van der Waals surface area contributed by atoms with E-state index in [1.165, 1.54) is 11.3 Å². The lowest BCUT2D eigenvalue weighted by atomic mass is 10.7. The van der Waals surface area contributed by atoms with Gasteiger partial charge in [-0.25, -0.2) is 10.8 Å². The Balaban J connectivity index is 2.58. The summed E-state index contributed by atoms with van der Waals surface area (Å²) in [6.45, 7) is 0.593. The predicted octanol–water partition coefficient (Wildman–Crippen LogP) is -0.469. The molecular formula is C3H5N3S. The lowest BCUT2D eigenvalue weighted by Crippen LogP contribution is -2.27. The molecule has 0 atom stereocenters. The van der Waals surface area contributed by atoms with Gasteiger partial charge in [0.2, 0.25) is 0 Å². The van der Waals surface area contributed by atoms with Crippen molar-refractivity contribution >= 4 is 23.5 Å². The quantitative estimate of drug-likeness (QED) is 0.343. The van der Waals surface area contributed by atoms with Crippen LogP contribution in [0.4, 0.5) is 0 Å². The minimum atomic E-state index is 0.593. The van der Waals surface area contributed by atoms with Crippen molar-refractivity contribution < 1.29 is 0 Å². The molecular weight excluding hydrogens is 110 g/mol. The lowest BCUT2D eigenvalue weighted by Gasteiger charge is -1.99. The van der Waals surface area contributed by atoms with Crippen molar-refractivity contribution in [1.82, 2.24) is 5.01 Å². The van der Waals surface area contributed by atoms with Crippen LogP contribution in [0, 0.1) is 0 Å². The number of hydrogen-bond donors (Lipinski definition) is 1. The molecule has 0 spiro atoms. The van der Waals surface area contributed by atoms with E-state index < -0.39 is 0 Å². The Morgan fingerprint density at radius 2 is 2.71 bits per heavy atom. The van der Waals surface area contributed by atoms with Crippen LogP contribution in [-0.4, -0.2) is 22.9 Å². The van der Waals surface area contributed by atoms with Crippen molar-refractivity contribution in [2.75, 3.05) is 6.54 Å². The molecule has 0 bridgehead atoms. The largest absolute Gasteiger partial charge is 0.294 e. The van der Waals surface area contributed by atoms with Crippen molar-refractivity contribution in [3.63, 3.8) is 0 Å². The zero-order valence-electron chi connectivity index (χ0n) is 3.66. The van der Waals surface area contributed by atoms with Crippen molar-refractivity contribution in [1.29, 1.82) is 0 Å². The molecule has 0 aromatic heterocycles. The van der Waals surface area contributed by atoms with E-state index in [-0.39, 0.29) is 0 Å². The first-order valence-electron chi connectivity index (χ1n) is 1.87. The van der Waals surface area contributed by atoms with Crippen LogP contribution < -0.4 is 5.84 Å². The Morgan fingerprint density at radius 1 is 2.00 bits per heavy atom. The number of nitrogens with zero attached hydrogens (tertiary/aromatic N) is 2. The molecule has 0 aromatic carbocycles. The summed E-state index contributed by atoms with van der Waals surface area (Å²) in [5.41, 5.74) is 0. The summed E-state index contributed by atoms with van der Waals surface area (Å²) in [5.74, 6) is 5.22. The van der Waals surface area contributed by atoms with Crippen LogP contribution in [0.2, 0.25) is 0 Å². The molecule has 0 saturated heterocycles. The van der Waals surface area contributed by atoms with Crippen LogP contribution >= 0.6 is 12.2 Å². The zero-order valence-corrected chi connectivity index (χ0v) is 4.48. The average Bonchev–Trinajstić information content (AvgIpc) is 1.87. The van der Waals surface area contributed by atoms with E-state index >= 15 is 0 Å². The molecule has 1 aliphatic heterocycles. The molecule has 1 heterocycles. The number of hydrazine groups is 1. The summed E-state index contributed by atoms with van der Waals surface area (Å²) in [6, 6.07) is 0. The number of rotatable bonds is 0. The van der Waals surface area contributed by atoms with Gasteiger partial charge < -0.3 is 0 Å². The molecule has 4 heteroatoms. The van der Waals surface area contributed by atoms with Crippen LogP contribution in [0.1, 0.15) is 0 Å². The highest BCUT2D eigenvalue weighted by Gasteiger charge is 2.03. The number of thiocarbonyl (C=S) groups is 1. The van der Waals surface area contributed by atoms with E-state index in [4.69, 9.17) is 5.84 Å². The third-order valence-electron chi connectivity index (χ3n) is 0.668. The molecule has 0 fully saturated rings. The first kappa shape index (κ1) is 4.67. The van der Waals surface area contributed by atoms with Gasteiger partial charge in [0.15, 0.2) is 0 Å². The van der Waals surface area contributed by atoms with Crippen molar-refractivity contribution in [3.8, 4) is 0 Å². The Bertz CT molecular complexity index is 119. The van der Waals surface area contributed by atoms with Crippen LogP contribution in [-0.2, 0) is 0 Å². The minimum absolute atomic E-state index is 0.593. The highest BCUT2D eigenvalue weighted by Crippen LogP contribution is 1.88. The van der Waals surface area contributed by atoms with E-state index in [0.29, 0.717) is 11.5 Å². The van der Waals surface area contributed by atoms with Crippen molar-refractivity contribution in [2.24, 2.45) is 10.8 Å². The summed E-state index contributed by atoms with van der Waals surface area (Å²) >= 11 is 4.68.